The SMILES string of the molecule is Cc1ccc(F)cc1Nc1c(C(=O)N2CCOCC2)cnc2ccc(F)cc12. The van der Waals surface area contributed by atoms with Crippen LogP contribution >= 0.6 is 0 Å². The van der Waals surface area contributed by atoms with Gasteiger partial charge in [-0.1, -0.05) is 6.07 Å². The van der Waals surface area contributed by atoms with Gasteiger partial charge in [0.25, 0.3) is 5.91 Å². The Bertz CT molecular complexity index is 1050. The average molecular weight is 383 g/mol. The van der Waals surface area contributed by atoms with E-state index in [4.69, 9.17) is 4.74 Å². The van der Waals surface area contributed by atoms with Crippen LogP contribution < -0.4 is 5.32 Å². The monoisotopic (exact) mass is 383 g/mol. The lowest BCUT2D eigenvalue weighted by molar-refractivity contribution is 0.0303. The van der Waals surface area contributed by atoms with Crippen LogP contribution in [0, 0.1) is 18.6 Å². The molecule has 7 heteroatoms. The number of aromatic nitrogens is 1. The van der Waals surface area contributed by atoms with Gasteiger partial charge in [0.15, 0.2) is 0 Å². The summed E-state index contributed by atoms with van der Waals surface area (Å²) in [4.78, 5) is 19.1. The Labute approximate surface area is 160 Å². The fourth-order valence-corrected chi connectivity index (χ4v) is 3.26. The normalized spacial score (nSPS) is 14.3. The molecular formula is C21H19F2N3O2. The number of pyridine rings is 1. The Morgan fingerprint density at radius 2 is 1.82 bits per heavy atom. The minimum atomic E-state index is -0.440. The number of amides is 1. The van der Waals surface area contributed by atoms with Gasteiger partial charge in [-0.25, -0.2) is 8.78 Å². The molecule has 1 amide bonds. The van der Waals surface area contributed by atoms with E-state index >= 15 is 0 Å². The fourth-order valence-electron chi connectivity index (χ4n) is 3.26. The highest BCUT2D eigenvalue weighted by Crippen LogP contribution is 2.32. The van der Waals surface area contributed by atoms with Crippen LogP contribution in [0.1, 0.15) is 15.9 Å². The van der Waals surface area contributed by atoms with Crippen molar-refractivity contribution in [2.45, 2.75) is 6.92 Å². The number of anilines is 2. The molecule has 0 saturated carbocycles. The standard InChI is InChI=1S/C21H19F2N3O2/c1-13-2-3-15(23)11-19(13)25-20-16-10-14(22)4-5-18(16)24-12-17(20)21(27)26-6-8-28-9-7-26/h2-5,10-12H,6-9H2,1H3,(H,24,25). The van der Waals surface area contributed by atoms with Crippen LogP contribution in [0.25, 0.3) is 10.9 Å². The van der Waals surface area contributed by atoms with Gasteiger partial charge < -0.3 is 15.0 Å². The Morgan fingerprint density at radius 3 is 2.61 bits per heavy atom. The van der Waals surface area contributed by atoms with Gasteiger partial charge in [0, 0.05) is 30.4 Å². The van der Waals surface area contributed by atoms with Gasteiger partial charge in [-0.15, -0.1) is 0 Å². The maximum absolute atomic E-state index is 14.0. The summed E-state index contributed by atoms with van der Waals surface area (Å²) in [6, 6.07) is 8.56. The fraction of sp³-hybridized carbons (Fsp3) is 0.238. The number of hydrogen-bond acceptors (Lipinski definition) is 4. The predicted molar refractivity (Wildman–Crippen MR) is 103 cm³/mol. The number of fused-ring (bicyclic) bond motifs is 1. The molecule has 1 fully saturated rings. The van der Waals surface area contributed by atoms with E-state index < -0.39 is 11.6 Å². The van der Waals surface area contributed by atoms with E-state index in [-0.39, 0.29) is 5.91 Å². The second kappa shape index (κ2) is 7.52. The topological polar surface area (TPSA) is 54.5 Å². The molecule has 1 N–H and O–H groups in total. The van der Waals surface area contributed by atoms with Gasteiger partial charge in [0.05, 0.1) is 30.0 Å². The van der Waals surface area contributed by atoms with Gasteiger partial charge in [-0.2, -0.15) is 0 Å². The maximum Gasteiger partial charge on any atom is 0.257 e. The van der Waals surface area contributed by atoms with Crippen molar-refractivity contribution >= 4 is 28.2 Å². The maximum atomic E-state index is 14.0. The highest BCUT2D eigenvalue weighted by atomic mass is 19.1. The van der Waals surface area contributed by atoms with Gasteiger partial charge in [0.2, 0.25) is 0 Å². The summed E-state index contributed by atoms with van der Waals surface area (Å²) in [5, 5.41) is 3.61. The first-order chi connectivity index (χ1) is 13.5. The number of nitrogens with zero attached hydrogens (tertiary/aromatic N) is 2. The smallest absolute Gasteiger partial charge is 0.257 e. The first-order valence-corrected chi connectivity index (χ1v) is 9.01. The van der Waals surface area contributed by atoms with E-state index in [9.17, 15) is 13.6 Å². The first-order valence-electron chi connectivity index (χ1n) is 9.01. The van der Waals surface area contributed by atoms with Crippen LogP contribution in [0.5, 0.6) is 0 Å². The second-order valence-electron chi connectivity index (χ2n) is 6.70. The molecule has 28 heavy (non-hydrogen) atoms. The number of halogens is 2. The van der Waals surface area contributed by atoms with Crippen molar-refractivity contribution in [3.8, 4) is 0 Å². The zero-order valence-electron chi connectivity index (χ0n) is 15.3. The van der Waals surface area contributed by atoms with E-state index in [2.05, 4.69) is 10.3 Å². The van der Waals surface area contributed by atoms with Gasteiger partial charge in [-0.3, -0.25) is 9.78 Å². The molecule has 3 aromatic rings. The minimum absolute atomic E-state index is 0.224. The Balaban J connectivity index is 1.85. The quantitative estimate of drug-likeness (QED) is 0.742. The molecule has 4 rings (SSSR count). The van der Waals surface area contributed by atoms with Gasteiger partial charge in [-0.05, 0) is 42.8 Å². The van der Waals surface area contributed by atoms with Gasteiger partial charge in [0.1, 0.15) is 11.6 Å². The number of aryl methyl sites for hydroxylation is 1. The van der Waals surface area contributed by atoms with Crippen molar-refractivity contribution in [3.63, 3.8) is 0 Å². The summed E-state index contributed by atoms with van der Waals surface area (Å²) in [7, 11) is 0. The molecule has 2 heterocycles. The lowest BCUT2D eigenvalue weighted by atomic mass is 10.1. The number of hydrogen-bond donors (Lipinski definition) is 1. The van der Waals surface area contributed by atoms with Crippen molar-refractivity contribution in [2.75, 3.05) is 31.6 Å². The third-order valence-corrected chi connectivity index (χ3v) is 4.82. The lowest BCUT2D eigenvalue weighted by Crippen LogP contribution is -2.41. The number of carbonyl (C=O) groups excluding carboxylic acids is 1. The molecule has 0 atom stereocenters. The average Bonchev–Trinajstić information content (AvgIpc) is 2.71. The van der Waals surface area contributed by atoms with Crippen molar-refractivity contribution in [3.05, 3.63) is 65.4 Å². The zero-order chi connectivity index (χ0) is 19.7. The third kappa shape index (κ3) is 3.53. The van der Waals surface area contributed by atoms with Crippen LogP contribution in [-0.4, -0.2) is 42.1 Å². The molecule has 0 bridgehead atoms. The molecule has 1 saturated heterocycles. The molecule has 0 radical (unpaired) electrons. The van der Waals surface area contributed by atoms with E-state index in [0.717, 1.165) is 5.56 Å². The van der Waals surface area contributed by atoms with Crippen LogP contribution in [-0.2, 0) is 4.74 Å². The number of rotatable bonds is 3. The van der Waals surface area contributed by atoms with Crippen LogP contribution in [0.3, 0.4) is 0 Å². The Morgan fingerprint density at radius 1 is 1.11 bits per heavy atom. The summed E-state index contributed by atoms with van der Waals surface area (Å²) >= 11 is 0. The minimum Gasteiger partial charge on any atom is -0.378 e. The molecule has 1 aliphatic heterocycles. The molecule has 2 aromatic carbocycles. The van der Waals surface area contributed by atoms with Crippen LogP contribution in [0.2, 0.25) is 0 Å². The van der Waals surface area contributed by atoms with E-state index in [1.807, 2.05) is 6.92 Å². The number of benzene rings is 2. The van der Waals surface area contributed by atoms with Crippen molar-refractivity contribution in [1.29, 1.82) is 0 Å². The zero-order valence-corrected chi connectivity index (χ0v) is 15.3. The summed E-state index contributed by atoms with van der Waals surface area (Å²) in [6.07, 6.45) is 1.48. The molecule has 1 aromatic heterocycles. The number of ether oxygens (including phenoxy) is 1. The van der Waals surface area contributed by atoms with Gasteiger partial charge >= 0.3 is 0 Å². The second-order valence-corrected chi connectivity index (χ2v) is 6.70. The van der Waals surface area contributed by atoms with E-state index in [1.54, 1.807) is 17.0 Å². The summed E-state index contributed by atoms with van der Waals surface area (Å²) in [5.74, 6) is -1.07. The highest BCUT2D eigenvalue weighted by molar-refractivity contribution is 6.08. The number of morpholine rings is 1. The van der Waals surface area contributed by atoms with Crippen molar-refractivity contribution < 1.29 is 18.3 Å². The first kappa shape index (κ1) is 18.3. The molecular weight excluding hydrogens is 364 g/mol. The highest BCUT2D eigenvalue weighted by Gasteiger charge is 2.23. The Kier molecular flexibility index (Phi) is 4.92. The number of nitrogens with one attached hydrogen (secondary N) is 1. The van der Waals surface area contributed by atoms with Crippen LogP contribution in [0.4, 0.5) is 20.2 Å². The van der Waals surface area contributed by atoms with Crippen LogP contribution in [0.15, 0.2) is 42.6 Å². The number of carbonyl (C=O) groups is 1. The molecule has 0 aliphatic carbocycles. The van der Waals surface area contributed by atoms with Crippen molar-refractivity contribution in [1.82, 2.24) is 9.88 Å². The molecule has 144 valence electrons. The molecule has 0 spiro atoms. The van der Waals surface area contributed by atoms with E-state index in [0.29, 0.717) is 54.1 Å². The summed E-state index contributed by atoms with van der Waals surface area (Å²) in [6.45, 7) is 3.70. The molecule has 0 unspecified atom stereocenters. The largest absolute Gasteiger partial charge is 0.378 e. The molecule has 1 aliphatic rings. The summed E-state index contributed by atoms with van der Waals surface area (Å²) in [5.41, 5.74) is 2.56. The lowest BCUT2D eigenvalue weighted by Gasteiger charge is -2.28. The van der Waals surface area contributed by atoms with Crippen molar-refractivity contribution in [2.24, 2.45) is 0 Å². The summed E-state index contributed by atoms with van der Waals surface area (Å²) < 4.78 is 33.0. The third-order valence-electron chi connectivity index (χ3n) is 4.82. The predicted octanol–water partition coefficient (Wildman–Crippen LogP) is 4.04. The Hall–Kier alpha value is -3.06. The molecule has 5 nitrogen and oxygen atoms in total. The van der Waals surface area contributed by atoms with E-state index in [1.165, 1.54) is 30.5 Å².